The monoisotopic (exact) mass is 332 g/mol. The van der Waals surface area contributed by atoms with Crippen LogP contribution >= 0.6 is 22.9 Å². The van der Waals surface area contributed by atoms with Crippen molar-refractivity contribution in [3.8, 4) is 5.75 Å². The topological polar surface area (TPSA) is 51.2 Å². The maximum Gasteiger partial charge on any atom is 0.387 e. The minimum Gasteiger partial charge on any atom is -0.433 e. The first-order valence-electron chi connectivity index (χ1n) is 5.86. The summed E-state index contributed by atoms with van der Waals surface area (Å²) in [6, 6.07) is 4.06. The van der Waals surface area contributed by atoms with Gasteiger partial charge < -0.3 is 10.1 Å². The Morgan fingerprint density at radius 2 is 2.14 bits per heavy atom. The summed E-state index contributed by atoms with van der Waals surface area (Å²) >= 11 is 7.10. The SMILES string of the molecule is Cc1nc(C)c(C(=O)Nc2ccc(OC(F)F)c(Cl)c2)s1. The third kappa shape index (κ3) is 3.89. The number of thiazole rings is 1. The van der Waals surface area contributed by atoms with Crippen molar-refractivity contribution in [1.29, 1.82) is 0 Å². The van der Waals surface area contributed by atoms with Gasteiger partial charge in [0.05, 0.1) is 15.7 Å². The van der Waals surface area contributed by atoms with Gasteiger partial charge in [-0.05, 0) is 32.0 Å². The Morgan fingerprint density at radius 1 is 1.43 bits per heavy atom. The maximum atomic E-state index is 12.1. The first-order valence-corrected chi connectivity index (χ1v) is 7.06. The fraction of sp³-hybridized carbons (Fsp3) is 0.231. The number of nitrogens with zero attached hydrogens (tertiary/aromatic N) is 1. The van der Waals surface area contributed by atoms with E-state index in [2.05, 4.69) is 15.0 Å². The number of rotatable bonds is 4. The highest BCUT2D eigenvalue weighted by Gasteiger charge is 2.15. The summed E-state index contributed by atoms with van der Waals surface area (Å²) in [5.74, 6) is -0.467. The molecule has 8 heteroatoms. The van der Waals surface area contributed by atoms with Crippen LogP contribution in [0.15, 0.2) is 18.2 Å². The van der Waals surface area contributed by atoms with Crippen LogP contribution in [0.2, 0.25) is 5.02 Å². The lowest BCUT2D eigenvalue weighted by molar-refractivity contribution is -0.0497. The zero-order valence-electron chi connectivity index (χ0n) is 11.1. The third-order valence-corrected chi connectivity index (χ3v) is 3.88. The molecule has 4 nitrogen and oxygen atoms in total. The van der Waals surface area contributed by atoms with Crippen molar-refractivity contribution >= 4 is 34.5 Å². The molecule has 0 bridgehead atoms. The number of benzene rings is 1. The number of hydrogen-bond donors (Lipinski definition) is 1. The Bertz CT molecular complexity index is 676. The van der Waals surface area contributed by atoms with Crippen LogP contribution in [0.1, 0.15) is 20.4 Å². The number of anilines is 1. The molecular weight excluding hydrogens is 322 g/mol. The standard InChI is InChI=1S/C13H11ClF2N2O2S/c1-6-11(21-7(2)17-6)12(19)18-8-3-4-10(9(14)5-8)20-13(15)16/h3-5,13H,1-2H3,(H,18,19). The molecule has 0 aliphatic carbocycles. The van der Waals surface area contributed by atoms with Gasteiger partial charge in [-0.1, -0.05) is 11.6 Å². The van der Waals surface area contributed by atoms with E-state index in [1.807, 2.05) is 6.92 Å². The normalized spacial score (nSPS) is 10.8. The Hall–Kier alpha value is -1.73. The van der Waals surface area contributed by atoms with Gasteiger partial charge >= 0.3 is 6.61 Å². The molecule has 0 radical (unpaired) electrons. The average molecular weight is 333 g/mol. The van der Waals surface area contributed by atoms with Crippen LogP contribution in [-0.2, 0) is 0 Å². The van der Waals surface area contributed by atoms with Crippen molar-refractivity contribution < 1.29 is 18.3 Å². The van der Waals surface area contributed by atoms with E-state index in [1.54, 1.807) is 6.92 Å². The lowest BCUT2D eigenvalue weighted by atomic mass is 10.3. The van der Waals surface area contributed by atoms with E-state index in [1.165, 1.54) is 29.5 Å². The van der Waals surface area contributed by atoms with Crippen LogP contribution in [0, 0.1) is 13.8 Å². The van der Waals surface area contributed by atoms with Gasteiger partial charge in [0.25, 0.3) is 5.91 Å². The van der Waals surface area contributed by atoms with Gasteiger partial charge in [0, 0.05) is 5.69 Å². The minimum atomic E-state index is -2.95. The molecule has 1 amide bonds. The molecule has 1 aromatic heterocycles. The predicted octanol–water partition coefficient (Wildman–Crippen LogP) is 4.27. The lowest BCUT2D eigenvalue weighted by Crippen LogP contribution is -2.11. The number of amides is 1. The summed E-state index contributed by atoms with van der Waals surface area (Å²) in [6.45, 7) is 0.595. The molecule has 0 aliphatic rings. The third-order valence-electron chi connectivity index (χ3n) is 2.52. The van der Waals surface area contributed by atoms with E-state index in [-0.39, 0.29) is 16.7 Å². The summed E-state index contributed by atoms with van der Waals surface area (Å²) in [5.41, 5.74) is 1.02. The van der Waals surface area contributed by atoms with Crippen molar-refractivity contribution in [3.05, 3.63) is 38.8 Å². The molecule has 0 saturated carbocycles. The first kappa shape index (κ1) is 15.7. The van der Waals surface area contributed by atoms with E-state index >= 15 is 0 Å². The summed E-state index contributed by atoms with van der Waals surface area (Å²) in [6.07, 6.45) is 0. The quantitative estimate of drug-likeness (QED) is 0.909. The van der Waals surface area contributed by atoms with Crippen LogP contribution in [0.5, 0.6) is 5.75 Å². The number of aromatic nitrogens is 1. The number of aryl methyl sites for hydroxylation is 2. The second kappa shape index (κ2) is 6.36. The number of hydrogen-bond acceptors (Lipinski definition) is 4. The molecule has 21 heavy (non-hydrogen) atoms. The zero-order valence-corrected chi connectivity index (χ0v) is 12.7. The van der Waals surface area contributed by atoms with Crippen LogP contribution in [-0.4, -0.2) is 17.5 Å². The van der Waals surface area contributed by atoms with Crippen LogP contribution < -0.4 is 10.1 Å². The molecule has 0 aliphatic heterocycles. The van der Waals surface area contributed by atoms with Crippen molar-refractivity contribution in [2.75, 3.05) is 5.32 Å². The molecule has 0 saturated heterocycles. The predicted molar refractivity (Wildman–Crippen MR) is 77.6 cm³/mol. The van der Waals surface area contributed by atoms with E-state index < -0.39 is 6.61 Å². The molecule has 0 atom stereocenters. The fourth-order valence-corrected chi connectivity index (χ4v) is 2.74. The van der Waals surface area contributed by atoms with E-state index in [9.17, 15) is 13.6 Å². The highest BCUT2D eigenvalue weighted by Crippen LogP contribution is 2.29. The van der Waals surface area contributed by atoms with Crippen molar-refractivity contribution in [1.82, 2.24) is 4.98 Å². The molecule has 112 valence electrons. The maximum absolute atomic E-state index is 12.1. The van der Waals surface area contributed by atoms with Crippen LogP contribution in [0.3, 0.4) is 0 Å². The van der Waals surface area contributed by atoms with E-state index in [0.717, 1.165) is 5.01 Å². The molecule has 0 fully saturated rings. The molecule has 0 spiro atoms. The summed E-state index contributed by atoms with van der Waals surface area (Å²) in [5, 5.41) is 3.42. The number of carbonyl (C=O) groups is 1. The van der Waals surface area contributed by atoms with E-state index in [0.29, 0.717) is 16.3 Å². The van der Waals surface area contributed by atoms with Gasteiger partial charge in [0.1, 0.15) is 10.6 Å². The molecular formula is C13H11ClF2N2O2S. The summed E-state index contributed by atoms with van der Waals surface area (Å²) < 4.78 is 28.5. The Morgan fingerprint density at radius 3 is 2.67 bits per heavy atom. The second-order valence-corrected chi connectivity index (χ2v) is 5.74. The number of carbonyl (C=O) groups excluding carboxylic acids is 1. The van der Waals surface area contributed by atoms with Gasteiger partial charge in [-0.3, -0.25) is 4.79 Å². The average Bonchev–Trinajstić information content (AvgIpc) is 2.71. The smallest absolute Gasteiger partial charge is 0.387 e. The zero-order chi connectivity index (χ0) is 15.6. The van der Waals surface area contributed by atoms with Gasteiger partial charge in [-0.15, -0.1) is 11.3 Å². The second-order valence-electron chi connectivity index (χ2n) is 4.13. The van der Waals surface area contributed by atoms with Crippen LogP contribution in [0.4, 0.5) is 14.5 Å². The molecule has 0 unspecified atom stereocenters. The number of alkyl halides is 2. The molecule has 1 N–H and O–H groups in total. The van der Waals surface area contributed by atoms with Crippen molar-refractivity contribution in [3.63, 3.8) is 0 Å². The molecule has 1 aromatic carbocycles. The number of halogens is 3. The first-order chi connectivity index (χ1) is 9.86. The number of nitrogens with one attached hydrogen (secondary N) is 1. The van der Waals surface area contributed by atoms with Crippen molar-refractivity contribution in [2.45, 2.75) is 20.5 Å². The highest BCUT2D eigenvalue weighted by molar-refractivity contribution is 7.13. The van der Waals surface area contributed by atoms with E-state index in [4.69, 9.17) is 11.6 Å². The molecule has 1 heterocycles. The molecule has 2 rings (SSSR count). The van der Waals surface area contributed by atoms with Gasteiger partial charge in [0.15, 0.2) is 0 Å². The minimum absolute atomic E-state index is 0.00897. The Labute approximate surface area is 128 Å². The number of ether oxygens (including phenoxy) is 1. The molecule has 2 aromatic rings. The van der Waals surface area contributed by atoms with Crippen molar-refractivity contribution in [2.24, 2.45) is 0 Å². The summed E-state index contributed by atoms with van der Waals surface area (Å²) in [4.78, 5) is 16.8. The Kier molecular flexibility index (Phi) is 4.74. The summed E-state index contributed by atoms with van der Waals surface area (Å²) in [7, 11) is 0. The lowest BCUT2D eigenvalue weighted by Gasteiger charge is -2.09. The van der Waals surface area contributed by atoms with Crippen LogP contribution in [0.25, 0.3) is 0 Å². The van der Waals surface area contributed by atoms with Gasteiger partial charge in [-0.2, -0.15) is 8.78 Å². The fourth-order valence-electron chi connectivity index (χ4n) is 1.70. The highest BCUT2D eigenvalue weighted by atomic mass is 35.5. The Balaban J connectivity index is 2.15. The van der Waals surface area contributed by atoms with Gasteiger partial charge in [0.2, 0.25) is 0 Å². The van der Waals surface area contributed by atoms with Gasteiger partial charge in [-0.25, -0.2) is 4.98 Å². The largest absolute Gasteiger partial charge is 0.433 e.